The number of hydrogen-bond donors (Lipinski definition) is 3. The number of hydrogen-bond acceptors (Lipinski definition) is 8. The number of carbonyl (C=O) groups excluding carboxylic acids is 1. The van der Waals surface area contributed by atoms with Gasteiger partial charge in [-0.3, -0.25) is 13.7 Å². The Bertz CT molecular complexity index is 510. The van der Waals surface area contributed by atoms with Gasteiger partial charge in [0.2, 0.25) is 0 Å². The Kier molecular flexibility index (Phi) is 9.00. The summed E-state index contributed by atoms with van der Waals surface area (Å²) in [6.45, 7) is 3.08. The van der Waals surface area contributed by atoms with Gasteiger partial charge in [-0.05, 0) is 27.7 Å². The Labute approximate surface area is 139 Å². The van der Waals surface area contributed by atoms with Crippen LogP contribution in [0.1, 0.15) is 27.7 Å². The van der Waals surface area contributed by atoms with Crippen LogP contribution < -0.4 is 0 Å². The maximum absolute atomic E-state index is 12.6. The van der Waals surface area contributed by atoms with Crippen molar-refractivity contribution < 1.29 is 51.5 Å². The number of esters is 1. The molecule has 3 N–H and O–H groups in total. The van der Waals surface area contributed by atoms with Gasteiger partial charge in [0.1, 0.15) is 0 Å². The Morgan fingerprint density at radius 2 is 1.04 bits per heavy atom. The molecule has 0 saturated heterocycles. The molecular formula is C10H23O11P3. The van der Waals surface area contributed by atoms with Crippen LogP contribution in [-0.2, 0) is 36.8 Å². The molecule has 0 fully saturated rings. The molecule has 0 aliphatic heterocycles. The summed E-state index contributed by atoms with van der Waals surface area (Å²) in [4.78, 5) is 42.8. The number of ether oxygens (including phenoxy) is 1. The summed E-state index contributed by atoms with van der Waals surface area (Å²) in [6.07, 6.45) is 0. The molecule has 0 aromatic carbocycles. The molecule has 0 saturated carbocycles. The summed E-state index contributed by atoms with van der Waals surface area (Å²) in [6, 6.07) is 0. The quantitative estimate of drug-likeness (QED) is 0.335. The molecule has 0 aromatic heterocycles. The minimum atomic E-state index is -5.57. The molecule has 0 spiro atoms. The third-order valence-electron chi connectivity index (χ3n) is 2.64. The van der Waals surface area contributed by atoms with Crippen LogP contribution in [0.25, 0.3) is 0 Å². The third kappa shape index (κ3) is 4.18. The van der Waals surface area contributed by atoms with E-state index in [4.69, 9.17) is 0 Å². The predicted octanol–water partition coefficient (Wildman–Crippen LogP) is 1.87. The van der Waals surface area contributed by atoms with Crippen molar-refractivity contribution in [3.63, 3.8) is 0 Å². The Morgan fingerprint density at radius 3 is 1.25 bits per heavy atom. The molecule has 24 heavy (non-hydrogen) atoms. The van der Waals surface area contributed by atoms with Crippen molar-refractivity contribution in [3.8, 4) is 0 Å². The van der Waals surface area contributed by atoms with Gasteiger partial charge in [0.15, 0.2) is 0 Å². The largest absolute Gasteiger partial charge is 0.464 e. The van der Waals surface area contributed by atoms with E-state index in [1.807, 2.05) is 0 Å². The van der Waals surface area contributed by atoms with Crippen LogP contribution in [0, 0.1) is 0 Å². The lowest BCUT2D eigenvalue weighted by atomic mass is 10.7. The van der Waals surface area contributed by atoms with E-state index >= 15 is 0 Å². The molecule has 144 valence electrons. The Hall–Kier alpha value is -0.0800. The van der Waals surface area contributed by atoms with E-state index in [0.29, 0.717) is 0 Å². The van der Waals surface area contributed by atoms with E-state index in [1.54, 1.807) is 0 Å². The zero-order valence-electron chi connectivity index (χ0n) is 13.8. The van der Waals surface area contributed by atoms with Crippen molar-refractivity contribution in [1.82, 2.24) is 0 Å². The molecule has 0 heterocycles. The highest BCUT2D eigenvalue weighted by Crippen LogP contribution is 2.87. The van der Waals surface area contributed by atoms with Gasteiger partial charge in [-0.1, -0.05) is 0 Å². The van der Waals surface area contributed by atoms with Crippen LogP contribution in [0.15, 0.2) is 0 Å². The lowest BCUT2D eigenvalue weighted by molar-refractivity contribution is -0.143. The molecule has 0 rings (SSSR count). The summed E-state index contributed by atoms with van der Waals surface area (Å²) in [5, 5.41) is 0. The highest BCUT2D eigenvalue weighted by molar-refractivity contribution is 7.91. The SMILES string of the molecule is CCOC(=O)C(P(=O)(O)OCC)(P(=O)(O)OCC)P(=O)(O)OCC. The van der Waals surface area contributed by atoms with Gasteiger partial charge in [0.25, 0.3) is 0 Å². The van der Waals surface area contributed by atoms with Gasteiger partial charge >= 0.3 is 33.4 Å². The first-order valence-electron chi connectivity index (χ1n) is 7.01. The molecule has 14 heteroatoms. The standard InChI is InChI=1S/C10H23O11P3/c1-5-18-9(11)10(22(12,13)19-6-2,23(14,15)20-7-3)24(16,17)21-8-4/h5-8H2,1-4H3,(H,12,13)(H,14,15)(H,16,17). The smallest absolute Gasteiger partial charge is 0.370 e. The first-order valence-corrected chi connectivity index (χ1v) is 11.7. The van der Waals surface area contributed by atoms with Gasteiger partial charge in [0, 0.05) is 0 Å². The summed E-state index contributed by atoms with van der Waals surface area (Å²) < 4.78 is 52.0. The van der Waals surface area contributed by atoms with Crippen molar-refractivity contribution >= 4 is 28.8 Å². The van der Waals surface area contributed by atoms with Gasteiger partial charge in [-0.15, -0.1) is 0 Å². The molecular weight excluding hydrogens is 389 g/mol. The van der Waals surface area contributed by atoms with E-state index in [1.165, 1.54) is 27.7 Å². The van der Waals surface area contributed by atoms with E-state index in [9.17, 15) is 33.2 Å². The van der Waals surface area contributed by atoms with Gasteiger partial charge in [-0.25, -0.2) is 4.79 Å². The second kappa shape index (κ2) is 9.03. The highest BCUT2D eigenvalue weighted by atomic mass is 31.3. The Balaban J connectivity index is 6.91. The van der Waals surface area contributed by atoms with Crippen LogP contribution in [0.2, 0.25) is 0 Å². The number of rotatable bonds is 11. The molecule has 0 aromatic rings. The molecule has 0 amide bonds. The molecule has 0 aliphatic rings. The summed E-state index contributed by atoms with van der Waals surface area (Å²) in [5.41, 5.74) is 0. The van der Waals surface area contributed by atoms with E-state index in [-0.39, 0.29) is 0 Å². The fraction of sp³-hybridized carbons (Fsp3) is 0.900. The average Bonchev–Trinajstić information content (AvgIpc) is 2.37. The second-order valence-electron chi connectivity index (χ2n) is 4.17. The second-order valence-corrected chi connectivity index (χ2v) is 11.1. The third-order valence-corrected chi connectivity index (χ3v) is 11.9. The van der Waals surface area contributed by atoms with Crippen LogP contribution in [0.3, 0.4) is 0 Å². The average molecular weight is 412 g/mol. The van der Waals surface area contributed by atoms with Crippen molar-refractivity contribution in [2.24, 2.45) is 0 Å². The Morgan fingerprint density at radius 1 is 0.750 bits per heavy atom. The summed E-state index contributed by atoms with van der Waals surface area (Å²) in [5.74, 6) is -1.90. The molecule has 11 nitrogen and oxygen atoms in total. The first-order chi connectivity index (χ1) is 10.9. The lowest BCUT2D eigenvalue weighted by Crippen LogP contribution is -2.41. The molecule has 3 unspecified atom stereocenters. The molecule has 0 bridgehead atoms. The monoisotopic (exact) mass is 412 g/mol. The van der Waals surface area contributed by atoms with Crippen molar-refractivity contribution in [2.45, 2.75) is 32.3 Å². The fourth-order valence-electron chi connectivity index (χ4n) is 1.85. The van der Waals surface area contributed by atoms with Gasteiger partial charge in [-0.2, -0.15) is 0 Å². The summed E-state index contributed by atoms with van der Waals surface area (Å²) >= 11 is 0. The van der Waals surface area contributed by atoms with E-state index in [2.05, 4.69) is 18.3 Å². The minimum absolute atomic E-state index is 0.412. The maximum Gasteiger partial charge on any atom is 0.370 e. The molecule has 0 radical (unpaired) electrons. The lowest BCUT2D eigenvalue weighted by Gasteiger charge is -2.37. The van der Waals surface area contributed by atoms with Crippen LogP contribution in [0.5, 0.6) is 0 Å². The zero-order valence-corrected chi connectivity index (χ0v) is 16.5. The fourth-order valence-corrected chi connectivity index (χ4v) is 9.20. The van der Waals surface area contributed by atoms with Crippen LogP contribution >= 0.6 is 22.8 Å². The maximum atomic E-state index is 12.6. The van der Waals surface area contributed by atoms with Crippen molar-refractivity contribution in [3.05, 3.63) is 0 Å². The first kappa shape index (κ1) is 23.9. The van der Waals surface area contributed by atoms with Crippen LogP contribution in [-0.4, -0.2) is 51.7 Å². The van der Waals surface area contributed by atoms with Gasteiger partial charge < -0.3 is 33.0 Å². The molecule has 3 atom stereocenters. The molecule has 0 aliphatic carbocycles. The van der Waals surface area contributed by atoms with Crippen LogP contribution in [0.4, 0.5) is 0 Å². The van der Waals surface area contributed by atoms with Gasteiger partial charge in [0.05, 0.1) is 26.4 Å². The van der Waals surface area contributed by atoms with E-state index < -0.39 is 59.8 Å². The van der Waals surface area contributed by atoms with E-state index in [0.717, 1.165) is 0 Å². The minimum Gasteiger partial charge on any atom is -0.464 e. The predicted molar refractivity (Wildman–Crippen MR) is 83.7 cm³/mol. The highest BCUT2D eigenvalue weighted by Gasteiger charge is 2.80. The van der Waals surface area contributed by atoms with Crippen molar-refractivity contribution in [1.29, 1.82) is 0 Å². The zero-order chi connectivity index (χ0) is 19.2. The van der Waals surface area contributed by atoms with Crippen molar-refractivity contribution in [2.75, 3.05) is 26.4 Å². The summed E-state index contributed by atoms with van der Waals surface area (Å²) in [7, 11) is -16.7. The normalized spacial score (nSPS) is 21.8. The number of carbonyl (C=O) groups is 1. The topological polar surface area (TPSA) is 166 Å².